The lowest BCUT2D eigenvalue weighted by Crippen LogP contribution is -2.24. The van der Waals surface area contributed by atoms with E-state index in [1.54, 1.807) is 0 Å². The molecule has 0 atom stereocenters. The van der Waals surface area contributed by atoms with E-state index in [0.717, 1.165) is 19.8 Å². The molecule has 0 N–H and O–H groups in total. The van der Waals surface area contributed by atoms with Crippen LogP contribution >= 0.6 is 0 Å². The lowest BCUT2D eigenvalue weighted by molar-refractivity contribution is 0.122. The quantitative estimate of drug-likeness (QED) is 0.525. The van der Waals surface area contributed by atoms with Gasteiger partial charge in [0.25, 0.3) is 0 Å². The first-order valence-electron chi connectivity index (χ1n) is 4.57. The molecule has 0 aromatic carbocycles. The Kier molecular flexibility index (Phi) is 7.96. The average Bonchev–Trinajstić information content (AvgIpc) is 2.01. The van der Waals surface area contributed by atoms with Gasteiger partial charge in [0.2, 0.25) is 0 Å². The van der Waals surface area contributed by atoms with Crippen LogP contribution in [-0.4, -0.2) is 38.3 Å². The van der Waals surface area contributed by atoms with Crippen molar-refractivity contribution < 1.29 is 4.74 Å². The minimum Gasteiger partial charge on any atom is -0.380 e. The second-order valence-corrected chi connectivity index (χ2v) is 2.85. The van der Waals surface area contributed by atoms with Gasteiger partial charge in [-0.15, -0.1) is 0 Å². The summed E-state index contributed by atoms with van der Waals surface area (Å²) in [7, 11) is 2.15. The van der Waals surface area contributed by atoms with Crippen LogP contribution in [0.4, 0.5) is 0 Å². The van der Waals surface area contributed by atoms with Crippen LogP contribution in [0.25, 0.3) is 0 Å². The molecule has 0 radical (unpaired) electrons. The van der Waals surface area contributed by atoms with E-state index in [4.69, 9.17) is 4.74 Å². The van der Waals surface area contributed by atoms with E-state index in [1.165, 1.54) is 19.4 Å². The fraction of sp³-hybridized carbons (Fsp3) is 1.00. The molecule has 0 saturated heterocycles. The van der Waals surface area contributed by atoms with E-state index in [-0.39, 0.29) is 0 Å². The lowest BCUT2D eigenvalue weighted by atomic mass is 10.3. The predicted molar refractivity (Wildman–Crippen MR) is 48.9 cm³/mol. The van der Waals surface area contributed by atoms with Crippen molar-refractivity contribution >= 4 is 0 Å². The Morgan fingerprint density at radius 1 is 1.18 bits per heavy atom. The summed E-state index contributed by atoms with van der Waals surface area (Å²) in [6.45, 7) is 8.22. The Balaban J connectivity index is 3.02. The monoisotopic (exact) mass is 159 g/mol. The number of unbranched alkanes of at least 4 members (excludes halogenated alkanes) is 1. The third-order valence-electron chi connectivity index (χ3n) is 1.71. The van der Waals surface area contributed by atoms with Crippen molar-refractivity contribution in [2.45, 2.75) is 26.7 Å². The zero-order valence-electron chi connectivity index (χ0n) is 8.10. The normalized spacial score (nSPS) is 10.9. The van der Waals surface area contributed by atoms with Gasteiger partial charge in [0.05, 0.1) is 6.61 Å². The zero-order chi connectivity index (χ0) is 8.53. The highest BCUT2D eigenvalue weighted by molar-refractivity contribution is 4.49. The predicted octanol–water partition coefficient (Wildman–Crippen LogP) is 1.75. The maximum Gasteiger partial charge on any atom is 0.0593 e. The van der Waals surface area contributed by atoms with Crippen molar-refractivity contribution in [2.75, 3.05) is 33.4 Å². The number of ether oxygens (including phenoxy) is 1. The molecule has 0 amide bonds. The van der Waals surface area contributed by atoms with Gasteiger partial charge in [0.1, 0.15) is 0 Å². The standard InChI is InChI=1S/C9H21NO/c1-4-6-7-10(3)8-9-11-5-2/h4-9H2,1-3H3. The first-order valence-corrected chi connectivity index (χ1v) is 4.57. The summed E-state index contributed by atoms with van der Waals surface area (Å²) in [5, 5.41) is 0. The summed E-state index contributed by atoms with van der Waals surface area (Å²) in [4.78, 5) is 2.32. The molecule has 0 bridgehead atoms. The minimum absolute atomic E-state index is 0.835. The molecule has 0 fully saturated rings. The minimum atomic E-state index is 0.835. The topological polar surface area (TPSA) is 12.5 Å². The molecule has 0 aliphatic heterocycles. The summed E-state index contributed by atoms with van der Waals surface area (Å²) >= 11 is 0. The Labute approximate surface area is 70.5 Å². The second kappa shape index (κ2) is 8.02. The third kappa shape index (κ3) is 7.82. The van der Waals surface area contributed by atoms with Gasteiger partial charge in [0, 0.05) is 13.2 Å². The van der Waals surface area contributed by atoms with Gasteiger partial charge in [0.15, 0.2) is 0 Å². The van der Waals surface area contributed by atoms with E-state index >= 15 is 0 Å². The molecule has 0 aromatic heterocycles. The molecule has 0 spiro atoms. The highest BCUT2D eigenvalue weighted by Crippen LogP contribution is 1.90. The Morgan fingerprint density at radius 2 is 1.91 bits per heavy atom. The first kappa shape index (κ1) is 10.9. The van der Waals surface area contributed by atoms with E-state index < -0.39 is 0 Å². The van der Waals surface area contributed by atoms with Gasteiger partial charge in [-0.05, 0) is 26.9 Å². The van der Waals surface area contributed by atoms with Gasteiger partial charge in [-0.25, -0.2) is 0 Å². The van der Waals surface area contributed by atoms with Gasteiger partial charge in [-0.1, -0.05) is 13.3 Å². The van der Waals surface area contributed by atoms with Crippen LogP contribution in [0, 0.1) is 0 Å². The molecule has 68 valence electrons. The average molecular weight is 159 g/mol. The number of hydrogen-bond acceptors (Lipinski definition) is 2. The maximum absolute atomic E-state index is 5.24. The van der Waals surface area contributed by atoms with Crippen LogP contribution in [-0.2, 0) is 4.74 Å². The van der Waals surface area contributed by atoms with Crippen molar-refractivity contribution in [2.24, 2.45) is 0 Å². The molecule has 0 heterocycles. The highest BCUT2D eigenvalue weighted by atomic mass is 16.5. The SMILES string of the molecule is CCCCN(C)CCOCC. The Morgan fingerprint density at radius 3 is 2.45 bits per heavy atom. The second-order valence-electron chi connectivity index (χ2n) is 2.85. The van der Waals surface area contributed by atoms with Crippen LogP contribution in [0.2, 0.25) is 0 Å². The van der Waals surface area contributed by atoms with Crippen LogP contribution in [0.5, 0.6) is 0 Å². The molecule has 2 nitrogen and oxygen atoms in total. The fourth-order valence-electron chi connectivity index (χ4n) is 0.905. The molecule has 11 heavy (non-hydrogen) atoms. The molecule has 0 saturated carbocycles. The van der Waals surface area contributed by atoms with Gasteiger partial charge in [-0.2, -0.15) is 0 Å². The van der Waals surface area contributed by atoms with Crippen molar-refractivity contribution in [1.29, 1.82) is 0 Å². The number of likely N-dealkylation sites (N-methyl/N-ethyl adjacent to an activating group) is 1. The summed E-state index contributed by atoms with van der Waals surface area (Å²) in [6.07, 6.45) is 2.57. The van der Waals surface area contributed by atoms with Crippen LogP contribution in [0.3, 0.4) is 0 Å². The van der Waals surface area contributed by atoms with Crippen molar-refractivity contribution in [3.8, 4) is 0 Å². The van der Waals surface area contributed by atoms with E-state index in [0.29, 0.717) is 0 Å². The van der Waals surface area contributed by atoms with E-state index in [9.17, 15) is 0 Å². The molecular weight excluding hydrogens is 138 g/mol. The van der Waals surface area contributed by atoms with Crippen LogP contribution in [0.15, 0.2) is 0 Å². The molecule has 0 aromatic rings. The van der Waals surface area contributed by atoms with E-state index in [2.05, 4.69) is 18.9 Å². The summed E-state index contributed by atoms with van der Waals surface area (Å²) in [6, 6.07) is 0. The molecule has 0 aliphatic carbocycles. The number of rotatable bonds is 7. The summed E-state index contributed by atoms with van der Waals surface area (Å²) < 4.78 is 5.24. The first-order chi connectivity index (χ1) is 5.31. The molecule has 0 unspecified atom stereocenters. The highest BCUT2D eigenvalue weighted by Gasteiger charge is 1.95. The van der Waals surface area contributed by atoms with Crippen LogP contribution < -0.4 is 0 Å². The number of nitrogens with zero attached hydrogens (tertiary/aromatic N) is 1. The smallest absolute Gasteiger partial charge is 0.0593 e. The molecule has 2 heteroatoms. The van der Waals surface area contributed by atoms with E-state index in [1.807, 2.05) is 6.92 Å². The van der Waals surface area contributed by atoms with Crippen LogP contribution in [0.1, 0.15) is 26.7 Å². The van der Waals surface area contributed by atoms with Crippen molar-refractivity contribution in [1.82, 2.24) is 4.90 Å². The summed E-state index contributed by atoms with van der Waals surface area (Å²) in [5.74, 6) is 0. The van der Waals surface area contributed by atoms with Crippen molar-refractivity contribution in [3.05, 3.63) is 0 Å². The Bertz CT molecular complexity index is 76.0. The zero-order valence-corrected chi connectivity index (χ0v) is 8.10. The summed E-state index contributed by atoms with van der Waals surface area (Å²) in [5.41, 5.74) is 0. The lowest BCUT2D eigenvalue weighted by Gasteiger charge is -2.15. The van der Waals surface area contributed by atoms with Gasteiger partial charge in [-0.3, -0.25) is 0 Å². The number of hydrogen-bond donors (Lipinski definition) is 0. The molecule has 0 rings (SSSR count). The largest absolute Gasteiger partial charge is 0.380 e. The molecular formula is C9H21NO. The fourth-order valence-corrected chi connectivity index (χ4v) is 0.905. The third-order valence-corrected chi connectivity index (χ3v) is 1.71. The van der Waals surface area contributed by atoms with Gasteiger partial charge >= 0.3 is 0 Å². The Hall–Kier alpha value is -0.0800. The maximum atomic E-state index is 5.24. The van der Waals surface area contributed by atoms with Gasteiger partial charge < -0.3 is 9.64 Å². The van der Waals surface area contributed by atoms with Crippen molar-refractivity contribution in [3.63, 3.8) is 0 Å². The molecule has 0 aliphatic rings.